The first-order chi connectivity index (χ1) is 9.27. The Balaban J connectivity index is 2.16. The van der Waals surface area contributed by atoms with Gasteiger partial charge in [-0.05, 0) is 29.2 Å². The van der Waals surface area contributed by atoms with Gasteiger partial charge in [-0.25, -0.2) is 0 Å². The third kappa shape index (κ3) is 1.97. The SMILES string of the molecule is Cn1c(-c2ccccc2)nc(-c2ccccc2)[n+]1[O-]. The van der Waals surface area contributed by atoms with Crippen LogP contribution in [0, 0.1) is 5.21 Å². The molecule has 0 fully saturated rings. The molecule has 0 atom stereocenters. The molecule has 19 heavy (non-hydrogen) atoms. The monoisotopic (exact) mass is 251 g/mol. The van der Waals surface area contributed by atoms with Crippen molar-refractivity contribution >= 4 is 0 Å². The van der Waals surface area contributed by atoms with E-state index in [9.17, 15) is 5.21 Å². The second-order valence-electron chi connectivity index (χ2n) is 4.29. The van der Waals surface area contributed by atoms with Gasteiger partial charge in [-0.15, -0.1) is 4.85 Å². The average molecular weight is 251 g/mol. The van der Waals surface area contributed by atoms with Crippen LogP contribution in [0.4, 0.5) is 0 Å². The lowest BCUT2D eigenvalue weighted by Crippen LogP contribution is -2.37. The lowest BCUT2D eigenvalue weighted by molar-refractivity contribution is -0.681. The van der Waals surface area contributed by atoms with E-state index >= 15 is 0 Å². The summed E-state index contributed by atoms with van der Waals surface area (Å²) >= 11 is 0. The summed E-state index contributed by atoms with van der Waals surface area (Å²) in [7, 11) is 1.72. The average Bonchev–Trinajstić information content (AvgIpc) is 2.77. The quantitative estimate of drug-likeness (QED) is 0.518. The Morgan fingerprint density at radius 2 is 1.42 bits per heavy atom. The van der Waals surface area contributed by atoms with E-state index in [1.165, 1.54) is 4.68 Å². The highest BCUT2D eigenvalue weighted by Gasteiger charge is 2.21. The molecule has 1 aromatic heterocycles. The molecular weight excluding hydrogens is 238 g/mol. The minimum Gasteiger partial charge on any atom is -0.692 e. The number of hydrogen-bond donors (Lipinski definition) is 0. The highest BCUT2D eigenvalue weighted by molar-refractivity contribution is 5.59. The van der Waals surface area contributed by atoms with E-state index in [2.05, 4.69) is 4.98 Å². The van der Waals surface area contributed by atoms with Gasteiger partial charge < -0.3 is 5.21 Å². The van der Waals surface area contributed by atoms with Crippen molar-refractivity contribution in [3.05, 3.63) is 65.9 Å². The van der Waals surface area contributed by atoms with E-state index in [1.54, 1.807) is 7.05 Å². The van der Waals surface area contributed by atoms with Crippen molar-refractivity contribution in [3.8, 4) is 22.8 Å². The van der Waals surface area contributed by atoms with Crippen LogP contribution in [-0.2, 0) is 7.05 Å². The van der Waals surface area contributed by atoms with Gasteiger partial charge >= 0.3 is 5.82 Å². The van der Waals surface area contributed by atoms with E-state index in [0.717, 1.165) is 16.0 Å². The van der Waals surface area contributed by atoms with Crippen LogP contribution >= 0.6 is 0 Å². The smallest absolute Gasteiger partial charge is 0.355 e. The molecule has 1 heterocycles. The maximum atomic E-state index is 12.2. The molecule has 0 radical (unpaired) electrons. The number of benzene rings is 2. The highest BCUT2D eigenvalue weighted by atomic mass is 16.5. The highest BCUT2D eigenvalue weighted by Crippen LogP contribution is 2.19. The van der Waals surface area contributed by atoms with E-state index in [4.69, 9.17) is 0 Å². The first-order valence-electron chi connectivity index (χ1n) is 6.05. The van der Waals surface area contributed by atoms with Crippen molar-refractivity contribution in [2.45, 2.75) is 0 Å². The van der Waals surface area contributed by atoms with Crippen LogP contribution in [0.15, 0.2) is 60.7 Å². The minimum atomic E-state index is 0.418. The van der Waals surface area contributed by atoms with Crippen LogP contribution in [0.1, 0.15) is 0 Å². The summed E-state index contributed by atoms with van der Waals surface area (Å²) in [6.45, 7) is 0. The lowest BCUT2D eigenvalue weighted by Gasteiger charge is -2.03. The normalized spacial score (nSPS) is 10.6. The Hall–Kier alpha value is -2.62. The zero-order valence-electron chi connectivity index (χ0n) is 10.5. The molecule has 0 unspecified atom stereocenters. The summed E-state index contributed by atoms with van der Waals surface area (Å²) < 4.78 is 1.51. The van der Waals surface area contributed by atoms with Crippen molar-refractivity contribution in [1.29, 1.82) is 0 Å². The second kappa shape index (κ2) is 4.57. The van der Waals surface area contributed by atoms with Crippen molar-refractivity contribution in [2.24, 2.45) is 7.05 Å². The fourth-order valence-corrected chi connectivity index (χ4v) is 2.04. The third-order valence-electron chi connectivity index (χ3n) is 3.04. The summed E-state index contributed by atoms with van der Waals surface area (Å²) in [5.74, 6) is 1.08. The molecule has 0 spiro atoms. The zero-order chi connectivity index (χ0) is 13.2. The Morgan fingerprint density at radius 3 is 2.00 bits per heavy atom. The van der Waals surface area contributed by atoms with Gasteiger partial charge in [0.2, 0.25) is 0 Å². The second-order valence-corrected chi connectivity index (χ2v) is 4.29. The Labute approximate surface area is 111 Å². The number of rotatable bonds is 2. The first-order valence-corrected chi connectivity index (χ1v) is 6.05. The molecule has 0 aliphatic carbocycles. The van der Waals surface area contributed by atoms with Gasteiger partial charge in [-0.2, -0.15) is 4.68 Å². The van der Waals surface area contributed by atoms with Gasteiger partial charge in [0.05, 0.1) is 12.6 Å². The molecule has 4 heteroatoms. The zero-order valence-corrected chi connectivity index (χ0v) is 10.5. The van der Waals surface area contributed by atoms with Crippen LogP contribution in [0.5, 0.6) is 0 Å². The van der Waals surface area contributed by atoms with Crippen molar-refractivity contribution in [3.63, 3.8) is 0 Å². The Bertz CT molecular complexity index is 630. The largest absolute Gasteiger partial charge is 0.692 e. The molecular formula is C15H13N3O. The molecule has 4 nitrogen and oxygen atoms in total. The third-order valence-corrected chi connectivity index (χ3v) is 3.04. The maximum Gasteiger partial charge on any atom is 0.355 e. The number of aromatic nitrogens is 3. The Kier molecular flexibility index (Phi) is 2.76. The van der Waals surface area contributed by atoms with E-state index in [-0.39, 0.29) is 0 Å². The Morgan fingerprint density at radius 1 is 0.895 bits per heavy atom. The van der Waals surface area contributed by atoms with Crippen LogP contribution in [0.25, 0.3) is 22.8 Å². The van der Waals surface area contributed by atoms with Gasteiger partial charge in [0, 0.05) is 5.56 Å². The minimum absolute atomic E-state index is 0.418. The number of nitrogens with zero attached hydrogens (tertiary/aromatic N) is 3. The standard InChI is InChI=1S/C15H13N3O/c1-17-14(12-8-4-2-5-9-12)16-15(18(17)19)13-10-6-3-7-11-13/h2-11H,1H3. The molecule has 94 valence electrons. The molecule has 3 aromatic rings. The summed E-state index contributed by atoms with van der Waals surface area (Å²) in [5, 5.41) is 12.2. The van der Waals surface area contributed by atoms with Gasteiger partial charge in [0.1, 0.15) is 0 Å². The van der Waals surface area contributed by atoms with Crippen LogP contribution in [-0.4, -0.2) is 9.67 Å². The van der Waals surface area contributed by atoms with Crippen molar-refractivity contribution in [1.82, 2.24) is 9.67 Å². The van der Waals surface area contributed by atoms with Crippen LogP contribution in [0.2, 0.25) is 0 Å². The van der Waals surface area contributed by atoms with E-state index in [1.807, 2.05) is 60.7 Å². The van der Waals surface area contributed by atoms with E-state index in [0.29, 0.717) is 11.6 Å². The molecule has 0 saturated carbocycles. The lowest BCUT2D eigenvalue weighted by atomic mass is 10.2. The van der Waals surface area contributed by atoms with E-state index < -0.39 is 0 Å². The van der Waals surface area contributed by atoms with Gasteiger partial charge in [0.25, 0.3) is 5.82 Å². The fraction of sp³-hybridized carbons (Fsp3) is 0.0667. The van der Waals surface area contributed by atoms with Crippen molar-refractivity contribution < 1.29 is 4.85 Å². The summed E-state index contributed by atoms with van der Waals surface area (Å²) in [6, 6.07) is 19.2. The van der Waals surface area contributed by atoms with Gasteiger partial charge in [-0.3, -0.25) is 0 Å². The fourth-order valence-electron chi connectivity index (χ4n) is 2.04. The van der Waals surface area contributed by atoms with Crippen LogP contribution < -0.4 is 4.85 Å². The topological polar surface area (TPSA) is 44.8 Å². The van der Waals surface area contributed by atoms with Gasteiger partial charge in [0.15, 0.2) is 0 Å². The molecule has 0 saturated heterocycles. The predicted octanol–water partition coefficient (Wildman–Crippen LogP) is 2.39. The predicted molar refractivity (Wildman–Crippen MR) is 73.0 cm³/mol. The first kappa shape index (κ1) is 11.5. The summed E-state index contributed by atoms with van der Waals surface area (Å²) in [4.78, 5) is 5.28. The molecule has 2 aromatic carbocycles. The van der Waals surface area contributed by atoms with Crippen LogP contribution in [0.3, 0.4) is 0 Å². The maximum absolute atomic E-state index is 12.2. The summed E-state index contributed by atoms with van der Waals surface area (Å²) in [5.41, 5.74) is 1.74. The molecule has 3 rings (SSSR count). The summed E-state index contributed by atoms with van der Waals surface area (Å²) in [6.07, 6.45) is 0. The van der Waals surface area contributed by atoms with Gasteiger partial charge in [-0.1, -0.05) is 36.4 Å². The molecule has 0 aliphatic rings. The molecule has 0 aliphatic heterocycles. The molecule has 0 N–H and O–H groups in total. The molecule has 0 amide bonds. The van der Waals surface area contributed by atoms with Crippen molar-refractivity contribution in [2.75, 3.05) is 0 Å². The molecule has 0 bridgehead atoms. The number of hydrogen-bond acceptors (Lipinski definition) is 2.